The van der Waals surface area contributed by atoms with E-state index in [1.54, 1.807) is 5.56 Å². The highest BCUT2D eigenvalue weighted by molar-refractivity contribution is 9.10. The zero-order valence-corrected chi connectivity index (χ0v) is 14.3. The summed E-state index contributed by atoms with van der Waals surface area (Å²) in [6, 6.07) is 16.2. The number of fused-ring (bicyclic) bond motifs is 1. The Morgan fingerprint density at radius 3 is 2.71 bits per heavy atom. The van der Waals surface area contributed by atoms with Crippen LogP contribution in [0.15, 0.2) is 46.9 Å². The van der Waals surface area contributed by atoms with Gasteiger partial charge in [-0.2, -0.15) is 0 Å². The second-order valence-corrected chi connectivity index (χ2v) is 7.01. The van der Waals surface area contributed by atoms with E-state index in [0.717, 1.165) is 6.42 Å². The van der Waals surface area contributed by atoms with Crippen LogP contribution in [0.1, 0.15) is 41.6 Å². The molecule has 0 aliphatic heterocycles. The second-order valence-electron chi connectivity index (χ2n) is 6.10. The minimum Gasteiger partial charge on any atom is -0.307 e. The highest BCUT2D eigenvalue weighted by atomic mass is 79.9. The van der Waals surface area contributed by atoms with Crippen LogP contribution in [0.5, 0.6) is 0 Å². The lowest BCUT2D eigenvalue weighted by atomic mass is 9.85. The maximum atomic E-state index is 3.80. The molecule has 3 rings (SSSR count). The molecule has 1 aliphatic carbocycles. The van der Waals surface area contributed by atoms with Gasteiger partial charge in [0.05, 0.1) is 0 Å². The minimum absolute atomic E-state index is 0.408. The average molecular weight is 344 g/mol. The highest BCUT2D eigenvalue weighted by Crippen LogP contribution is 2.29. The van der Waals surface area contributed by atoms with Crippen LogP contribution >= 0.6 is 15.9 Å². The van der Waals surface area contributed by atoms with Crippen molar-refractivity contribution in [2.75, 3.05) is 0 Å². The normalized spacial score (nSPS) is 19.1. The minimum atomic E-state index is 0.408. The van der Waals surface area contributed by atoms with Gasteiger partial charge in [-0.15, -0.1) is 0 Å². The van der Waals surface area contributed by atoms with E-state index in [4.69, 9.17) is 0 Å². The molecule has 0 saturated carbocycles. The Morgan fingerprint density at radius 2 is 1.95 bits per heavy atom. The van der Waals surface area contributed by atoms with Crippen LogP contribution in [0.4, 0.5) is 0 Å². The van der Waals surface area contributed by atoms with Crippen molar-refractivity contribution in [3.05, 3.63) is 69.2 Å². The predicted octanol–water partition coefficient (Wildman–Crippen LogP) is 4.97. The largest absolute Gasteiger partial charge is 0.307 e. The molecule has 0 unspecified atom stereocenters. The van der Waals surface area contributed by atoms with Crippen LogP contribution < -0.4 is 5.32 Å². The van der Waals surface area contributed by atoms with Crippen molar-refractivity contribution >= 4 is 15.9 Å². The first-order chi connectivity index (χ1) is 10.1. The number of halogens is 1. The van der Waals surface area contributed by atoms with E-state index in [2.05, 4.69) is 77.6 Å². The summed E-state index contributed by atoms with van der Waals surface area (Å²) in [5, 5.41) is 3.80. The summed E-state index contributed by atoms with van der Waals surface area (Å²) in [5.41, 5.74) is 5.86. The van der Waals surface area contributed by atoms with Gasteiger partial charge in [-0.05, 0) is 67.5 Å². The van der Waals surface area contributed by atoms with Gasteiger partial charge in [0.1, 0.15) is 0 Å². The molecule has 110 valence electrons. The molecule has 2 heteroatoms. The molecule has 1 N–H and O–H groups in total. The van der Waals surface area contributed by atoms with Crippen LogP contribution in [0, 0.1) is 6.92 Å². The lowest BCUT2D eigenvalue weighted by Crippen LogP contribution is -2.36. The molecule has 0 heterocycles. The zero-order valence-electron chi connectivity index (χ0n) is 12.7. The maximum Gasteiger partial charge on any atom is 0.0294 e. The Kier molecular flexibility index (Phi) is 4.46. The van der Waals surface area contributed by atoms with E-state index in [1.807, 2.05) is 0 Å². The molecule has 2 aromatic carbocycles. The Morgan fingerprint density at radius 1 is 1.19 bits per heavy atom. The van der Waals surface area contributed by atoms with Gasteiger partial charge in [-0.1, -0.05) is 46.3 Å². The molecule has 0 spiro atoms. The molecular weight excluding hydrogens is 322 g/mol. The number of benzene rings is 2. The SMILES string of the molecule is Cc1cc(Br)cc2c1CC[C@@H](N[C@@H](C)c1ccccc1)C2. The standard InChI is InChI=1S/C19H22BrN/c1-13-10-17(20)11-16-12-18(8-9-19(13)16)21-14(2)15-6-4-3-5-7-15/h3-7,10-11,14,18,21H,8-9,12H2,1-2H3/t14-,18+/m0/s1. The van der Waals surface area contributed by atoms with E-state index in [9.17, 15) is 0 Å². The van der Waals surface area contributed by atoms with Crippen LogP contribution in [0.3, 0.4) is 0 Å². The average Bonchev–Trinajstić information content (AvgIpc) is 2.47. The lowest BCUT2D eigenvalue weighted by molar-refractivity contribution is 0.413. The van der Waals surface area contributed by atoms with Crippen molar-refractivity contribution in [2.24, 2.45) is 0 Å². The summed E-state index contributed by atoms with van der Waals surface area (Å²) in [6.07, 6.45) is 3.55. The summed E-state index contributed by atoms with van der Waals surface area (Å²) < 4.78 is 1.20. The molecule has 0 aromatic heterocycles. The molecule has 2 atom stereocenters. The van der Waals surface area contributed by atoms with Crippen LogP contribution in [-0.4, -0.2) is 6.04 Å². The molecule has 0 saturated heterocycles. The Labute approximate surface area is 135 Å². The summed E-state index contributed by atoms with van der Waals surface area (Å²) >= 11 is 3.63. The van der Waals surface area contributed by atoms with Crippen molar-refractivity contribution < 1.29 is 0 Å². The Bertz CT molecular complexity index is 621. The van der Waals surface area contributed by atoms with Gasteiger partial charge >= 0.3 is 0 Å². The van der Waals surface area contributed by atoms with E-state index in [-0.39, 0.29) is 0 Å². The van der Waals surface area contributed by atoms with E-state index < -0.39 is 0 Å². The monoisotopic (exact) mass is 343 g/mol. The van der Waals surface area contributed by atoms with Gasteiger partial charge in [-0.25, -0.2) is 0 Å². The first-order valence-corrected chi connectivity index (χ1v) is 8.51. The lowest BCUT2D eigenvalue weighted by Gasteiger charge is -2.29. The van der Waals surface area contributed by atoms with Gasteiger partial charge in [0.2, 0.25) is 0 Å². The number of nitrogens with one attached hydrogen (secondary N) is 1. The van der Waals surface area contributed by atoms with Crippen molar-refractivity contribution in [1.29, 1.82) is 0 Å². The Hall–Kier alpha value is -1.12. The van der Waals surface area contributed by atoms with Gasteiger partial charge in [0.25, 0.3) is 0 Å². The topological polar surface area (TPSA) is 12.0 Å². The van der Waals surface area contributed by atoms with Crippen LogP contribution in [0.25, 0.3) is 0 Å². The molecule has 0 fully saturated rings. The predicted molar refractivity (Wildman–Crippen MR) is 92.7 cm³/mol. The fraction of sp³-hybridized carbons (Fsp3) is 0.368. The van der Waals surface area contributed by atoms with E-state index in [1.165, 1.54) is 34.0 Å². The van der Waals surface area contributed by atoms with Crippen LogP contribution in [0.2, 0.25) is 0 Å². The van der Waals surface area contributed by atoms with Gasteiger partial charge in [0, 0.05) is 16.6 Å². The molecule has 2 aromatic rings. The molecule has 1 aliphatic rings. The number of hydrogen-bond donors (Lipinski definition) is 1. The van der Waals surface area contributed by atoms with Crippen LogP contribution in [-0.2, 0) is 12.8 Å². The van der Waals surface area contributed by atoms with Crippen molar-refractivity contribution in [1.82, 2.24) is 5.32 Å². The quantitative estimate of drug-likeness (QED) is 0.829. The van der Waals surface area contributed by atoms with Crippen molar-refractivity contribution in [3.63, 3.8) is 0 Å². The molecule has 0 amide bonds. The summed E-state index contributed by atoms with van der Waals surface area (Å²) in [4.78, 5) is 0. The fourth-order valence-electron chi connectivity index (χ4n) is 3.40. The summed E-state index contributed by atoms with van der Waals surface area (Å²) in [7, 11) is 0. The van der Waals surface area contributed by atoms with Gasteiger partial charge in [0.15, 0.2) is 0 Å². The van der Waals surface area contributed by atoms with Crippen molar-refractivity contribution in [2.45, 2.75) is 45.2 Å². The maximum absolute atomic E-state index is 3.80. The van der Waals surface area contributed by atoms with E-state index in [0.29, 0.717) is 12.1 Å². The summed E-state index contributed by atoms with van der Waals surface area (Å²) in [5.74, 6) is 0. The van der Waals surface area contributed by atoms with Gasteiger partial charge in [-0.3, -0.25) is 0 Å². The summed E-state index contributed by atoms with van der Waals surface area (Å²) in [6.45, 7) is 4.49. The third kappa shape index (κ3) is 3.38. The van der Waals surface area contributed by atoms with Gasteiger partial charge < -0.3 is 5.32 Å². The molecule has 21 heavy (non-hydrogen) atoms. The highest BCUT2D eigenvalue weighted by Gasteiger charge is 2.21. The number of hydrogen-bond acceptors (Lipinski definition) is 1. The molecule has 0 radical (unpaired) electrons. The second kappa shape index (κ2) is 6.33. The molecule has 1 nitrogen and oxygen atoms in total. The number of aryl methyl sites for hydroxylation is 1. The third-order valence-corrected chi connectivity index (χ3v) is 4.98. The smallest absolute Gasteiger partial charge is 0.0294 e. The Balaban J connectivity index is 1.72. The first kappa shape index (κ1) is 14.8. The van der Waals surface area contributed by atoms with E-state index >= 15 is 0 Å². The molecular formula is C19H22BrN. The zero-order chi connectivity index (χ0) is 14.8. The number of rotatable bonds is 3. The fourth-order valence-corrected chi connectivity index (χ4v) is 4.02. The molecule has 0 bridgehead atoms. The first-order valence-electron chi connectivity index (χ1n) is 7.72. The third-order valence-electron chi connectivity index (χ3n) is 4.52. The van der Waals surface area contributed by atoms with Crippen molar-refractivity contribution in [3.8, 4) is 0 Å².